The van der Waals surface area contributed by atoms with Crippen LogP contribution in [0.5, 0.6) is 0 Å². The second-order valence-electron chi connectivity index (χ2n) is 6.42. The number of nitrogens with zero attached hydrogens (tertiary/aromatic N) is 3. The average molecular weight is 286 g/mol. The Morgan fingerprint density at radius 2 is 2.10 bits per heavy atom. The number of anilines is 1. The third kappa shape index (κ3) is 2.20. The van der Waals surface area contributed by atoms with Crippen molar-refractivity contribution in [3.63, 3.8) is 0 Å². The Hall–Kier alpha value is -1.62. The van der Waals surface area contributed by atoms with Crippen molar-refractivity contribution in [2.45, 2.75) is 32.4 Å². The number of rotatable bonds is 3. The van der Waals surface area contributed by atoms with Crippen molar-refractivity contribution in [2.75, 3.05) is 31.1 Å². The Balaban J connectivity index is 1.65. The van der Waals surface area contributed by atoms with Gasteiger partial charge in [-0.15, -0.1) is 0 Å². The van der Waals surface area contributed by atoms with Gasteiger partial charge in [-0.3, -0.25) is 4.79 Å². The number of piperazine rings is 1. The largest absolute Gasteiger partial charge is 0.353 e. The molecule has 0 bridgehead atoms. The quantitative estimate of drug-likeness (QED) is 0.908. The monoisotopic (exact) mass is 286 g/mol. The Kier molecular flexibility index (Phi) is 3.10. The van der Waals surface area contributed by atoms with Gasteiger partial charge in [-0.2, -0.15) is 0 Å². The van der Waals surface area contributed by atoms with Crippen LogP contribution in [0.2, 0.25) is 0 Å². The van der Waals surface area contributed by atoms with Crippen molar-refractivity contribution in [3.8, 4) is 0 Å². The number of hydrogen-bond donors (Lipinski definition) is 1. The lowest BCUT2D eigenvalue weighted by Gasteiger charge is -2.29. The Bertz CT molecular complexity index is 563. The summed E-state index contributed by atoms with van der Waals surface area (Å²) in [6, 6.07) is 2.37. The molecule has 4 rings (SSSR count). The molecule has 1 saturated heterocycles. The van der Waals surface area contributed by atoms with E-state index in [1.165, 1.54) is 12.8 Å². The second kappa shape index (κ2) is 4.98. The van der Waals surface area contributed by atoms with Gasteiger partial charge in [-0.1, -0.05) is 0 Å². The first-order chi connectivity index (χ1) is 10.3. The molecular formula is C16H22N4O. The van der Waals surface area contributed by atoms with Gasteiger partial charge in [0.05, 0.1) is 5.56 Å². The van der Waals surface area contributed by atoms with E-state index in [9.17, 15) is 4.79 Å². The lowest BCUT2D eigenvalue weighted by atomic mass is 10.1. The second-order valence-corrected chi connectivity index (χ2v) is 6.42. The predicted octanol–water partition coefficient (Wildman–Crippen LogP) is 1.25. The molecule has 1 aliphatic carbocycles. The summed E-state index contributed by atoms with van der Waals surface area (Å²) in [4.78, 5) is 21.7. The molecule has 1 amide bonds. The minimum atomic E-state index is 0.186. The van der Waals surface area contributed by atoms with Crippen LogP contribution in [0.15, 0.2) is 12.3 Å². The molecule has 1 N–H and O–H groups in total. The highest BCUT2D eigenvalue weighted by Gasteiger charge is 2.40. The molecule has 5 heteroatoms. The maximum Gasteiger partial charge on any atom is 0.258 e. The van der Waals surface area contributed by atoms with Crippen molar-refractivity contribution in [1.29, 1.82) is 0 Å². The summed E-state index contributed by atoms with van der Waals surface area (Å²) < 4.78 is 0. The number of nitrogens with one attached hydrogen (secondary N) is 1. The van der Waals surface area contributed by atoms with E-state index in [2.05, 4.69) is 27.0 Å². The van der Waals surface area contributed by atoms with Crippen molar-refractivity contribution in [2.24, 2.45) is 5.92 Å². The zero-order valence-electron chi connectivity index (χ0n) is 12.5. The molecule has 1 aromatic rings. The van der Waals surface area contributed by atoms with Gasteiger partial charge in [0.1, 0.15) is 5.82 Å². The van der Waals surface area contributed by atoms with Crippen LogP contribution in [0.25, 0.3) is 0 Å². The van der Waals surface area contributed by atoms with Crippen molar-refractivity contribution in [1.82, 2.24) is 15.2 Å². The molecule has 21 heavy (non-hydrogen) atoms. The summed E-state index contributed by atoms with van der Waals surface area (Å²) in [5, 5.41) is 3.35. The fourth-order valence-electron chi connectivity index (χ4n) is 3.53. The van der Waals surface area contributed by atoms with Gasteiger partial charge in [0.15, 0.2) is 0 Å². The number of amides is 1. The minimum Gasteiger partial charge on any atom is -0.353 e. The summed E-state index contributed by atoms with van der Waals surface area (Å²) in [5.41, 5.74) is 2.00. The Morgan fingerprint density at radius 1 is 1.33 bits per heavy atom. The fourth-order valence-corrected chi connectivity index (χ4v) is 3.53. The molecule has 1 atom stereocenters. The number of pyridine rings is 1. The topological polar surface area (TPSA) is 48.5 Å². The number of carbonyl (C=O) groups excluding carboxylic acids is 1. The molecule has 0 aromatic carbocycles. The molecule has 2 aliphatic heterocycles. The summed E-state index contributed by atoms with van der Waals surface area (Å²) in [6.45, 7) is 6.72. The van der Waals surface area contributed by atoms with Gasteiger partial charge >= 0.3 is 0 Å². The molecule has 3 heterocycles. The third-order valence-electron chi connectivity index (χ3n) is 5.05. The van der Waals surface area contributed by atoms with Crippen LogP contribution < -0.4 is 10.2 Å². The maximum absolute atomic E-state index is 12.9. The first-order valence-corrected chi connectivity index (χ1v) is 8.00. The van der Waals surface area contributed by atoms with Crippen LogP contribution in [0.1, 0.15) is 35.7 Å². The van der Waals surface area contributed by atoms with E-state index in [1.807, 2.05) is 12.3 Å². The van der Waals surface area contributed by atoms with Crippen molar-refractivity contribution >= 4 is 11.7 Å². The molecule has 0 spiro atoms. The highest BCUT2D eigenvalue weighted by Crippen LogP contribution is 2.39. The smallest absolute Gasteiger partial charge is 0.258 e. The number of fused-ring (bicyclic) bond motifs is 1. The van der Waals surface area contributed by atoms with Crippen LogP contribution in [0.3, 0.4) is 0 Å². The van der Waals surface area contributed by atoms with Crippen LogP contribution >= 0.6 is 0 Å². The highest BCUT2D eigenvalue weighted by atomic mass is 16.2. The van der Waals surface area contributed by atoms with Gasteiger partial charge < -0.3 is 15.1 Å². The van der Waals surface area contributed by atoms with E-state index in [0.717, 1.165) is 49.7 Å². The lowest BCUT2D eigenvalue weighted by Crippen LogP contribution is -2.44. The summed E-state index contributed by atoms with van der Waals surface area (Å²) in [7, 11) is 0. The molecule has 5 nitrogen and oxygen atoms in total. The van der Waals surface area contributed by atoms with E-state index in [-0.39, 0.29) is 5.91 Å². The third-order valence-corrected chi connectivity index (χ3v) is 5.05. The van der Waals surface area contributed by atoms with E-state index >= 15 is 0 Å². The van der Waals surface area contributed by atoms with Crippen molar-refractivity contribution < 1.29 is 4.79 Å². The molecule has 112 valence electrons. The highest BCUT2D eigenvalue weighted by molar-refractivity contribution is 6.03. The summed E-state index contributed by atoms with van der Waals surface area (Å²) in [5.74, 6) is 1.79. The van der Waals surface area contributed by atoms with Gasteiger partial charge in [0, 0.05) is 45.0 Å². The van der Waals surface area contributed by atoms with Crippen LogP contribution in [0, 0.1) is 5.92 Å². The predicted molar refractivity (Wildman–Crippen MR) is 81.4 cm³/mol. The molecular weight excluding hydrogens is 264 g/mol. The molecule has 2 fully saturated rings. The Labute approximate surface area is 125 Å². The van der Waals surface area contributed by atoms with Gasteiger partial charge in [0.2, 0.25) is 0 Å². The standard InChI is InChI=1S/C16H22N4O/c1-11(12-2-3-12)20-10-13-4-5-18-15(14(13)16(20)21)19-8-6-17-7-9-19/h4-5,11-12,17H,2-3,6-10H2,1H3. The van der Waals surface area contributed by atoms with Crippen LogP contribution in [0.4, 0.5) is 5.82 Å². The van der Waals surface area contributed by atoms with E-state index in [1.54, 1.807) is 0 Å². The first kappa shape index (κ1) is 13.1. The summed E-state index contributed by atoms with van der Waals surface area (Å²) in [6.07, 6.45) is 4.39. The molecule has 0 radical (unpaired) electrons. The Morgan fingerprint density at radius 3 is 2.81 bits per heavy atom. The normalized spacial score (nSPS) is 23.4. The molecule has 1 saturated carbocycles. The molecule has 1 unspecified atom stereocenters. The van der Waals surface area contributed by atoms with Gasteiger partial charge in [-0.05, 0) is 37.3 Å². The minimum absolute atomic E-state index is 0.186. The molecule has 3 aliphatic rings. The van der Waals surface area contributed by atoms with E-state index < -0.39 is 0 Å². The first-order valence-electron chi connectivity index (χ1n) is 8.00. The number of hydrogen-bond acceptors (Lipinski definition) is 4. The van der Waals surface area contributed by atoms with Crippen LogP contribution in [-0.2, 0) is 6.54 Å². The maximum atomic E-state index is 12.9. The fraction of sp³-hybridized carbons (Fsp3) is 0.625. The zero-order valence-corrected chi connectivity index (χ0v) is 12.5. The van der Waals surface area contributed by atoms with Gasteiger partial charge in [0.25, 0.3) is 5.91 Å². The van der Waals surface area contributed by atoms with Crippen molar-refractivity contribution in [3.05, 3.63) is 23.4 Å². The van der Waals surface area contributed by atoms with Crippen LogP contribution in [-0.4, -0.2) is 48.0 Å². The zero-order chi connectivity index (χ0) is 14.4. The average Bonchev–Trinajstić information content (AvgIpc) is 3.32. The van der Waals surface area contributed by atoms with Gasteiger partial charge in [-0.25, -0.2) is 4.98 Å². The summed E-state index contributed by atoms with van der Waals surface area (Å²) >= 11 is 0. The van der Waals surface area contributed by atoms with E-state index in [0.29, 0.717) is 12.0 Å². The SMILES string of the molecule is CC(C1CC1)N1Cc2ccnc(N3CCNCC3)c2C1=O. The lowest BCUT2D eigenvalue weighted by molar-refractivity contribution is 0.0697. The van der Waals surface area contributed by atoms with E-state index in [4.69, 9.17) is 0 Å². The molecule has 1 aromatic heterocycles. The number of aromatic nitrogens is 1. The number of carbonyl (C=O) groups is 1.